The van der Waals surface area contributed by atoms with Gasteiger partial charge >= 0.3 is 6.03 Å². The molecule has 1 saturated heterocycles. The average Bonchev–Trinajstić information content (AvgIpc) is 2.52. The van der Waals surface area contributed by atoms with Crippen LogP contribution in [-0.2, 0) is 6.54 Å². The van der Waals surface area contributed by atoms with Crippen LogP contribution in [0.1, 0.15) is 25.3 Å². The summed E-state index contributed by atoms with van der Waals surface area (Å²) in [5, 5.41) is 2.96. The number of carbonyl (C=O) groups excluding carboxylic acids is 1. The molecule has 1 aromatic carbocycles. The predicted molar refractivity (Wildman–Crippen MR) is 81.8 cm³/mol. The van der Waals surface area contributed by atoms with Gasteiger partial charge in [0.25, 0.3) is 0 Å². The summed E-state index contributed by atoms with van der Waals surface area (Å²) in [4.78, 5) is 14.0. The quantitative estimate of drug-likeness (QED) is 0.928. The molecule has 1 fully saturated rings. The first-order valence-electron chi connectivity index (χ1n) is 7.37. The second-order valence-electron chi connectivity index (χ2n) is 5.52. The topological polar surface area (TPSA) is 50.8 Å². The highest BCUT2D eigenvalue weighted by molar-refractivity contribution is 5.74. The third-order valence-corrected chi connectivity index (χ3v) is 3.96. The van der Waals surface area contributed by atoms with Crippen LogP contribution in [0.3, 0.4) is 0 Å². The molecule has 2 rings (SSSR count). The number of benzene rings is 1. The van der Waals surface area contributed by atoms with E-state index in [1.54, 1.807) is 14.2 Å². The van der Waals surface area contributed by atoms with E-state index < -0.39 is 0 Å². The van der Waals surface area contributed by atoms with Crippen LogP contribution < -0.4 is 14.8 Å². The Balaban J connectivity index is 1.89. The van der Waals surface area contributed by atoms with Crippen LogP contribution in [0.15, 0.2) is 18.2 Å². The number of nitrogens with zero attached hydrogens (tertiary/aromatic N) is 1. The van der Waals surface area contributed by atoms with E-state index in [4.69, 9.17) is 9.47 Å². The SMILES string of the molecule is COc1ccc(CNC(=O)N2CCC(C)CC2)cc1OC. The van der Waals surface area contributed by atoms with Crippen molar-refractivity contribution in [2.24, 2.45) is 5.92 Å². The molecule has 0 unspecified atom stereocenters. The standard InChI is InChI=1S/C16H24N2O3/c1-12-6-8-18(9-7-12)16(19)17-11-13-4-5-14(20-2)15(10-13)21-3/h4-5,10,12H,6-9,11H2,1-3H3,(H,17,19). The molecule has 1 aromatic rings. The first-order valence-corrected chi connectivity index (χ1v) is 7.37. The fourth-order valence-electron chi connectivity index (χ4n) is 2.49. The molecule has 1 N–H and O–H groups in total. The van der Waals surface area contributed by atoms with E-state index in [9.17, 15) is 4.79 Å². The molecule has 21 heavy (non-hydrogen) atoms. The molecule has 0 saturated carbocycles. The minimum Gasteiger partial charge on any atom is -0.493 e. The van der Waals surface area contributed by atoms with Crippen LogP contribution in [0.25, 0.3) is 0 Å². The summed E-state index contributed by atoms with van der Waals surface area (Å²) < 4.78 is 10.5. The van der Waals surface area contributed by atoms with Gasteiger partial charge in [-0.15, -0.1) is 0 Å². The summed E-state index contributed by atoms with van der Waals surface area (Å²) in [6.07, 6.45) is 2.17. The fourth-order valence-corrected chi connectivity index (χ4v) is 2.49. The number of carbonyl (C=O) groups is 1. The number of likely N-dealkylation sites (tertiary alicyclic amines) is 1. The summed E-state index contributed by atoms with van der Waals surface area (Å²) in [6.45, 7) is 4.42. The summed E-state index contributed by atoms with van der Waals surface area (Å²) >= 11 is 0. The molecule has 5 nitrogen and oxygen atoms in total. The van der Waals surface area contributed by atoms with Crippen LogP contribution in [-0.4, -0.2) is 38.2 Å². The lowest BCUT2D eigenvalue weighted by molar-refractivity contribution is 0.173. The maximum Gasteiger partial charge on any atom is 0.317 e. The van der Waals surface area contributed by atoms with Crippen molar-refractivity contribution in [1.29, 1.82) is 0 Å². The van der Waals surface area contributed by atoms with Gasteiger partial charge in [-0.3, -0.25) is 0 Å². The molecule has 0 aromatic heterocycles. The molecule has 1 aliphatic heterocycles. The van der Waals surface area contributed by atoms with E-state index in [1.807, 2.05) is 23.1 Å². The Bertz CT molecular complexity index is 482. The third kappa shape index (κ3) is 4.03. The van der Waals surface area contributed by atoms with E-state index in [0.29, 0.717) is 18.0 Å². The van der Waals surface area contributed by atoms with Gasteiger partial charge in [0.05, 0.1) is 14.2 Å². The van der Waals surface area contributed by atoms with E-state index in [0.717, 1.165) is 37.4 Å². The van der Waals surface area contributed by atoms with Gasteiger partial charge in [0, 0.05) is 19.6 Å². The number of ether oxygens (including phenoxy) is 2. The van der Waals surface area contributed by atoms with Crippen LogP contribution in [0.4, 0.5) is 4.79 Å². The Kier molecular flexibility index (Phi) is 5.31. The van der Waals surface area contributed by atoms with Gasteiger partial charge in [0.1, 0.15) is 0 Å². The number of hydrogen-bond acceptors (Lipinski definition) is 3. The Morgan fingerprint density at radius 3 is 2.52 bits per heavy atom. The van der Waals surface area contributed by atoms with Gasteiger partial charge in [0.15, 0.2) is 11.5 Å². The second kappa shape index (κ2) is 7.20. The van der Waals surface area contributed by atoms with Crippen molar-refractivity contribution < 1.29 is 14.3 Å². The largest absolute Gasteiger partial charge is 0.493 e. The van der Waals surface area contributed by atoms with Crippen molar-refractivity contribution in [3.63, 3.8) is 0 Å². The monoisotopic (exact) mass is 292 g/mol. The summed E-state index contributed by atoms with van der Waals surface area (Å²) in [6, 6.07) is 5.68. The van der Waals surface area contributed by atoms with Crippen molar-refractivity contribution in [3.8, 4) is 11.5 Å². The van der Waals surface area contributed by atoms with E-state index >= 15 is 0 Å². The molecule has 5 heteroatoms. The molecule has 0 spiro atoms. The van der Waals surface area contributed by atoms with E-state index in [1.165, 1.54) is 0 Å². The zero-order chi connectivity index (χ0) is 15.2. The predicted octanol–water partition coefficient (Wildman–Crippen LogP) is 2.65. The smallest absolute Gasteiger partial charge is 0.317 e. The molecular weight excluding hydrogens is 268 g/mol. The molecule has 1 heterocycles. The van der Waals surface area contributed by atoms with Gasteiger partial charge in [-0.05, 0) is 36.5 Å². The second-order valence-corrected chi connectivity index (χ2v) is 5.52. The maximum atomic E-state index is 12.1. The summed E-state index contributed by atoms with van der Waals surface area (Å²) in [5.41, 5.74) is 0.992. The normalized spacial score (nSPS) is 15.7. The maximum absolute atomic E-state index is 12.1. The first-order chi connectivity index (χ1) is 10.1. The highest BCUT2D eigenvalue weighted by atomic mass is 16.5. The summed E-state index contributed by atoms with van der Waals surface area (Å²) in [5.74, 6) is 2.09. The van der Waals surface area contributed by atoms with Gasteiger partial charge in [-0.25, -0.2) is 4.79 Å². The summed E-state index contributed by atoms with van der Waals surface area (Å²) in [7, 11) is 3.21. The van der Waals surface area contributed by atoms with Gasteiger partial charge in [-0.2, -0.15) is 0 Å². The van der Waals surface area contributed by atoms with Crippen molar-refractivity contribution in [3.05, 3.63) is 23.8 Å². The lowest BCUT2D eigenvalue weighted by Crippen LogP contribution is -2.43. The number of rotatable bonds is 4. The third-order valence-electron chi connectivity index (χ3n) is 3.96. The van der Waals surface area contributed by atoms with Gasteiger partial charge in [0.2, 0.25) is 0 Å². The lowest BCUT2D eigenvalue weighted by atomic mass is 10.00. The Hall–Kier alpha value is -1.91. The van der Waals surface area contributed by atoms with Crippen molar-refractivity contribution >= 4 is 6.03 Å². The minimum absolute atomic E-state index is 0.0108. The van der Waals surface area contributed by atoms with Crippen LogP contribution in [0.5, 0.6) is 11.5 Å². The first kappa shape index (κ1) is 15.5. The van der Waals surface area contributed by atoms with Crippen LogP contribution >= 0.6 is 0 Å². The zero-order valence-corrected chi connectivity index (χ0v) is 13.0. The number of methoxy groups -OCH3 is 2. The van der Waals surface area contributed by atoms with Crippen LogP contribution in [0.2, 0.25) is 0 Å². The van der Waals surface area contributed by atoms with Crippen molar-refractivity contribution in [2.45, 2.75) is 26.3 Å². The minimum atomic E-state index is 0.0108. The molecule has 1 aliphatic rings. The van der Waals surface area contributed by atoms with E-state index in [-0.39, 0.29) is 6.03 Å². The number of urea groups is 1. The number of piperidine rings is 1. The Morgan fingerprint density at radius 1 is 1.24 bits per heavy atom. The lowest BCUT2D eigenvalue weighted by Gasteiger charge is -2.30. The zero-order valence-electron chi connectivity index (χ0n) is 13.0. The molecule has 0 radical (unpaired) electrons. The van der Waals surface area contributed by atoms with Crippen molar-refractivity contribution in [1.82, 2.24) is 10.2 Å². The number of nitrogens with one attached hydrogen (secondary N) is 1. The van der Waals surface area contributed by atoms with Crippen LogP contribution in [0, 0.1) is 5.92 Å². The van der Waals surface area contributed by atoms with E-state index in [2.05, 4.69) is 12.2 Å². The molecule has 0 aliphatic carbocycles. The number of hydrogen-bond donors (Lipinski definition) is 1. The Morgan fingerprint density at radius 2 is 1.90 bits per heavy atom. The molecule has 2 amide bonds. The molecule has 116 valence electrons. The fraction of sp³-hybridized carbons (Fsp3) is 0.562. The molecular formula is C16H24N2O3. The van der Waals surface area contributed by atoms with Crippen molar-refractivity contribution in [2.75, 3.05) is 27.3 Å². The molecule has 0 atom stereocenters. The van der Waals surface area contributed by atoms with Gasteiger partial charge < -0.3 is 19.7 Å². The Labute approximate surface area is 126 Å². The molecule has 0 bridgehead atoms. The van der Waals surface area contributed by atoms with Gasteiger partial charge in [-0.1, -0.05) is 13.0 Å². The highest BCUT2D eigenvalue weighted by Gasteiger charge is 2.19. The highest BCUT2D eigenvalue weighted by Crippen LogP contribution is 2.27. The number of amides is 2. The average molecular weight is 292 g/mol.